The first kappa shape index (κ1) is 15.5. The Hall–Kier alpha value is -1.88. The lowest BCUT2D eigenvalue weighted by Crippen LogP contribution is -2.23. The van der Waals surface area contributed by atoms with Gasteiger partial charge < -0.3 is 11.1 Å². The van der Waals surface area contributed by atoms with Crippen LogP contribution in [0.4, 0.5) is 5.69 Å². The van der Waals surface area contributed by atoms with Gasteiger partial charge in [0, 0.05) is 23.5 Å². The van der Waals surface area contributed by atoms with Crippen LogP contribution in [0.3, 0.4) is 0 Å². The number of aliphatic imine (C=N–C) groups is 1. The molecule has 1 heterocycles. The van der Waals surface area contributed by atoms with Crippen LogP contribution in [0.2, 0.25) is 0 Å². The summed E-state index contributed by atoms with van der Waals surface area (Å²) in [6.45, 7) is 6.88. The maximum absolute atomic E-state index is 5.91. The second-order valence-corrected chi connectivity index (χ2v) is 6.22. The molecule has 0 radical (unpaired) electrons. The van der Waals surface area contributed by atoms with Gasteiger partial charge in [0.2, 0.25) is 0 Å². The summed E-state index contributed by atoms with van der Waals surface area (Å²) >= 11 is 1.73. The molecule has 0 atom stereocenters. The summed E-state index contributed by atoms with van der Waals surface area (Å²) in [5, 5.41) is 4.22. The molecule has 1 aromatic heterocycles. The molecule has 0 fully saturated rings. The number of benzene rings is 1. The molecule has 0 aliphatic rings. The van der Waals surface area contributed by atoms with Crippen molar-refractivity contribution in [1.82, 2.24) is 4.98 Å². The minimum absolute atomic E-state index is 0.457. The van der Waals surface area contributed by atoms with Crippen molar-refractivity contribution in [3.63, 3.8) is 0 Å². The van der Waals surface area contributed by atoms with Gasteiger partial charge in [-0.3, -0.25) is 4.99 Å². The Balaban J connectivity index is 1.87. The first-order valence-electron chi connectivity index (χ1n) is 7.17. The molecule has 0 unspecified atom stereocenters. The maximum Gasteiger partial charge on any atom is 0.193 e. The topological polar surface area (TPSA) is 63.3 Å². The number of aryl methyl sites for hydroxylation is 3. The van der Waals surface area contributed by atoms with Gasteiger partial charge in [0.1, 0.15) is 0 Å². The maximum atomic E-state index is 5.91. The lowest BCUT2D eigenvalue weighted by atomic mass is 10.1. The molecule has 0 saturated carbocycles. The number of hydrogen-bond donors (Lipinski definition) is 2. The Labute approximate surface area is 130 Å². The fourth-order valence-electron chi connectivity index (χ4n) is 2.09. The second-order valence-electron chi connectivity index (χ2n) is 4.93. The minimum Gasteiger partial charge on any atom is -0.370 e. The summed E-state index contributed by atoms with van der Waals surface area (Å²) in [6.07, 6.45) is 1.92. The number of guanidine groups is 1. The summed E-state index contributed by atoms with van der Waals surface area (Å²) in [4.78, 5) is 10.1. The normalized spacial score (nSPS) is 11.7. The van der Waals surface area contributed by atoms with Crippen molar-refractivity contribution in [3.05, 3.63) is 45.4 Å². The third kappa shape index (κ3) is 4.56. The molecule has 0 spiro atoms. The smallest absolute Gasteiger partial charge is 0.193 e. The Bertz CT molecular complexity index is 614. The molecule has 4 nitrogen and oxygen atoms in total. The SMILES string of the molecule is CCc1ccc(NC(N)=NCCc2sc(C)nc2C)cc1. The number of hydrogen-bond acceptors (Lipinski definition) is 3. The summed E-state index contributed by atoms with van der Waals surface area (Å²) in [5.41, 5.74) is 9.30. The van der Waals surface area contributed by atoms with Crippen LogP contribution in [0.1, 0.15) is 28.1 Å². The molecular weight excluding hydrogens is 280 g/mol. The van der Waals surface area contributed by atoms with Gasteiger partial charge in [0.25, 0.3) is 0 Å². The van der Waals surface area contributed by atoms with Crippen LogP contribution in [-0.2, 0) is 12.8 Å². The van der Waals surface area contributed by atoms with Crippen molar-refractivity contribution in [2.45, 2.75) is 33.6 Å². The zero-order valence-corrected chi connectivity index (χ0v) is 13.6. The van der Waals surface area contributed by atoms with Crippen LogP contribution in [-0.4, -0.2) is 17.5 Å². The highest BCUT2D eigenvalue weighted by Crippen LogP contribution is 2.17. The molecule has 3 N–H and O–H groups in total. The molecule has 0 aliphatic carbocycles. The van der Waals surface area contributed by atoms with E-state index in [0.717, 1.165) is 29.2 Å². The molecule has 1 aromatic carbocycles. The molecule has 5 heteroatoms. The van der Waals surface area contributed by atoms with Crippen LogP contribution < -0.4 is 11.1 Å². The highest BCUT2D eigenvalue weighted by Gasteiger charge is 2.04. The summed E-state index contributed by atoms with van der Waals surface area (Å²) in [7, 11) is 0. The predicted octanol–water partition coefficient (Wildman–Crippen LogP) is 3.29. The van der Waals surface area contributed by atoms with E-state index in [1.165, 1.54) is 10.4 Å². The van der Waals surface area contributed by atoms with E-state index in [2.05, 4.69) is 34.3 Å². The fourth-order valence-corrected chi connectivity index (χ4v) is 3.02. The number of nitrogens with zero attached hydrogens (tertiary/aromatic N) is 2. The van der Waals surface area contributed by atoms with Crippen LogP contribution in [0.25, 0.3) is 0 Å². The van der Waals surface area contributed by atoms with E-state index in [1.807, 2.05) is 26.0 Å². The number of nitrogens with one attached hydrogen (secondary N) is 1. The van der Waals surface area contributed by atoms with Crippen LogP contribution in [0.15, 0.2) is 29.3 Å². The van der Waals surface area contributed by atoms with E-state index in [1.54, 1.807) is 11.3 Å². The molecule has 0 saturated heterocycles. The largest absolute Gasteiger partial charge is 0.370 e. The van der Waals surface area contributed by atoms with Crippen molar-refractivity contribution in [3.8, 4) is 0 Å². The standard InChI is InChI=1S/C16H22N4S/c1-4-13-5-7-14(8-6-13)20-16(17)18-10-9-15-11(2)19-12(3)21-15/h5-8H,4,9-10H2,1-3H3,(H3,17,18,20). The van der Waals surface area contributed by atoms with Gasteiger partial charge in [-0.05, 0) is 38.0 Å². The Morgan fingerprint density at radius 3 is 2.57 bits per heavy atom. The van der Waals surface area contributed by atoms with Gasteiger partial charge >= 0.3 is 0 Å². The third-order valence-electron chi connectivity index (χ3n) is 3.26. The Morgan fingerprint density at radius 1 is 1.29 bits per heavy atom. The second kappa shape index (κ2) is 7.22. The highest BCUT2D eigenvalue weighted by molar-refractivity contribution is 7.11. The van der Waals surface area contributed by atoms with Crippen LogP contribution >= 0.6 is 11.3 Å². The van der Waals surface area contributed by atoms with E-state index in [4.69, 9.17) is 5.73 Å². The molecule has 0 aliphatic heterocycles. The predicted molar refractivity (Wildman–Crippen MR) is 91.2 cm³/mol. The summed E-state index contributed by atoms with van der Waals surface area (Å²) in [5.74, 6) is 0.457. The molecule has 2 rings (SSSR count). The van der Waals surface area contributed by atoms with E-state index in [9.17, 15) is 0 Å². The molecule has 21 heavy (non-hydrogen) atoms. The molecule has 0 bridgehead atoms. The van der Waals surface area contributed by atoms with E-state index >= 15 is 0 Å². The average molecular weight is 302 g/mol. The van der Waals surface area contributed by atoms with Gasteiger partial charge in [0.15, 0.2) is 5.96 Å². The van der Waals surface area contributed by atoms with Crippen molar-refractivity contribution in [2.75, 3.05) is 11.9 Å². The zero-order chi connectivity index (χ0) is 15.2. The Morgan fingerprint density at radius 2 is 2.00 bits per heavy atom. The minimum atomic E-state index is 0.457. The zero-order valence-electron chi connectivity index (χ0n) is 12.8. The lowest BCUT2D eigenvalue weighted by molar-refractivity contribution is 0.965. The third-order valence-corrected chi connectivity index (χ3v) is 4.39. The van der Waals surface area contributed by atoms with Crippen molar-refractivity contribution in [1.29, 1.82) is 0 Å². The van der Waals surface area contributed by atoms with Crippen molar-refractivity contribution < 1.29 is 0 Å². The molecule has 2 aromatic rings. The number of nitrogens with two attached hydrogens (primary N) is 1. The average Bonchev–Trinajstić information content (AvgIpc) is 2.78. The lowest BCUT2D eigenvalue weighted by Gasteiger charge is -2.06. The quantitative estimate of drug-likeness (QED) is 0.658. The van der Waals surface area contributed by atoms with E-state index in [-0.39, 0.29) is 0 Å². The monoisotopic (exact) mass is 302 g/mol. The van der Waals surface area contributed by atoms with Crippen LogP contribution in [0, 0.1) is 13.8 Å². The van der Waals surface area contributed by atoms with Gasteiger partial charge in [-0.2, -0.15) is 0 Å². The molecular formula is C16H22N4S. The first-order chi connectivity index (χ1) is 10.1. The first-order valence-corrected chi connectivity index (χ1v) is 7.99. The number of anilines is 1. The van der Waals surface area contributed by atoms with Gasteiger partial charge in [-0.1, -0.05) is 19.1 Å². The van der Waals surface area contributed by atoms with Gasteiger partial charge in [-0.15, -0.1) is 11.3 Å². The number of thiazole rings is 1. The summed E-state index contributed by atoms with van der Waals surface area (Å²) < 4.78 is 0. The van der Waals surface area contributed by atoms with E-state index in [0.29, 0.717) is 12.5 Å². The van der Waals surface area contributed by atoms with Crippen LogP contribution in [0.5, 0.6) is 0 Å². The van der Waals surface area contributed by atoms with Crippen molar-refractivity contribution in [2.24, 2.45) is 10.7 Å². The fraction of sp³-hybridized carbons (Fsp3) is 0.375. The highest BCUT2D eigenvalue weighted by atomic mass is 32.1. The van der Waals surface area contributed by atoms with Gasteiger partial charge in [-0.25, -0.2) is 4.98 Å². The molecule has 112 valence electrons. The number of rotatable bonds is 5. The molecule has 0 amide bonds. The van der Waals surface area contributed by atoms with Gasteiger partial charge in [0.05, 0.1) is 10.7 Å². The Kier molecular flexibility index (Phi) is 5.33. The number of aromatic nitrogens is 1. The van der Waals surface area contributed by atoms with E-state index < -0.39 is 0 Å². The van der Waals surface area contributed by atoms with Crippen molar-refractivity contribution >= 4 is 23.0 Å². The summed E-state index contributed by atoms with van der Waals surface area (Å²) in [6, 6.07) is 8.24.